The third-order valence-corrected chi connectivity index (χ3v) is 4.19. The molecule has 0 amide bonds. The molecule has 1 N–H and O–H groups in total. The summed E-state index contributed by atoms with van der Waals surface area (Å²) in [6.07, 6.45) is 2.41. The number of carboxylic acids is 1. The molecule has 1 saturated heterocycles. The molecule has 2 rings (SSSR count). The molecule has 0 saturated carbocycles. The first-order valence-electron chi connectivity index (χ1n) is 7.37. The van der Waals surface area contributed by atoms with Crippen molar-refractivity contribution in [3.8, 4) is 5.75 Å². The lowest BCUT2D eigenvalue weighted by molar-refractivity contribution is -0.144. The predicted octanol–water partition coefficient (Wildman–Crippen LogP) is 3.08. The first-order chi connectivity index (χ1) is 10.1. The molecule has 2 unspecified atom stereocenters. The summed E-state index contributed by atoms with van der Waals surface area (Å²) in [5, 5.41) is 9.19. The van der Waals surface area contributed by atoms with E-state index < -0.39 is 5.97 Å². The average molecular weight is 295 g/mol. The highest BCUT2D eigenvalue weighted by atomic mass is 19.1. The highest BCUT2D eigenvalue weighted by Crippen LogP contribution is 2.31. The van der Waals surface area contributed by atoms with Gasteiger partial charge in [-0.25, -0.2) is 4.39 Å². The zero-order chi connectivity index (χ0) is 15.4. The van der Waals surface area contributed by atoms with E-state index >= 15 is 0 Å². The lowest BCUT2D eigenvalue weighted by atomic mass is 9.94. The van der Waals surface area contributed by atoms with Crippen LogP contribution in [0.1, 0.15) is 37.8 Å². The molecule has 1 aliphatic heterocycles. The molecule has 2 atom stereocenters. The Morgan fingerprint density at radius 2 is 2.33 bits per heavy atom. The minimum absolute atomic E-state index is 0.0487. The topological polar surface area (TPSA) is 49.8 Å². The van der Waals surface area contributed by atoms with Crippen LogP contribution in [0.15, 0.2) is 18.2 Å². The number of carbonyl (C=O) groups is 1. The van der Waals surface area contributed by atoms with Crippen molar-refractivity contribution in [3.63, 3.8) is 0 Å². The Bertz CT molecular complexity index is 506. The van der Waals surface area contributed by atoms with Crippen LogP contribution >= 0.6 is 0 Å². The quantitative estimate of drug-likeness (QED) is 0.907. The van der Waals surface area contributed by atoms with Crippen molar-refractivity contribution < 1.29 is 19.0 Å². The Labute approximate surface area is 124 Å². The van der Waals surface area contributed by atoms with Gasteiger partial charge in [0, 0.05) is 12.6 Å². The first kappa shape index (κ1) is 15.8. The number of likely N-dealkylation sites (tertiary alicyclic amines) is 1. The Morgan fingerprint density at radius 1 is 1.57 bits per heavy atom. The smallest absolute Gasteiger partial charge is 0.307 e. The summed E-state index contributed by atoms with van der Waals surface area (Å²) >= 11 is 0. The Kier molecular flexibility index (Phi) is 5.17. The number of hydrogen-bond acceptors (Lipinski definition) is 3. The van der Waals surface area contributed by atoms with Gasteiger partial charge in [0.05, 0.1) is 13.0 Å². The summed E-state index contributed by atoms with van der Waals surface area (Å²) in [5.74, 6) is -1.21. The standard InChI is InChI=1S/C16H22FNO3/c1-3-14(11-6-7-15(21-2)13(17)9-11)18-8-4-5-12(10-18)16(19)20/h6-7,9,12,14H,3-5,8,10H2,1-2H3,(H,19,20). The molecule has 116 valence electrons. The molecular formula is C16H22FNO3. The molecule has 21 heavy (non-hydrogen) atoms. The van der Waals surface area contributed by atoms with Gasteiger partial charge in [0.15, 0.2) is 11.6 Å². The summed E-state index contributed by atoms with van der Waals surface area (Å²) in [6.45, 7) is 3.43. The van der Waals surface area contributed by atoms with E-state index in [1.165, 1.54) is 13.2 Å². The summed E-state index contributed by atoms with van der Waals surface area (Å²) in [6, 6.07) is 5.04. The molecule has 0 bridgehead atoms. The SMILES string of the molecule is CCC(c1ccc(OC)c(F)c1)N1CCCC(C(=O)O)C1. The average Bonchev–Trinajstić information content (AvgIpc) is 2.48. The van der Waals surface area contributed by atoms with Crippen molar-refractivity contribution in [2.45, 2.75) is 32.2 Å². The van der Waals surface area contributed by atoms with Gasteiger partial charge < -0.3 is 9.84 Å². The van der Waals surface area contributed by atoms with Crippen molar-refractivity contribution in [2.75, 3.05) is 20.2 Å². The Hall–Kier alpha value is -1.62. The molecule has 0 spiro atoms. The van der Waals surface area contributed by atoms with E-state index in [9.17, 15) is 14.3 Å². The monoisotopic (exact) mass is 295 g/mol. The van der Waals surface area contributed by atoms with Crippen molar-refractivity contribution >= 4 is 5.97 Å². The van der Waals surface area contributed by atoms with Gasteiger partial charge in [-0.2, -0.15) is 0 Å². The van der Waals surface area contributed by atoms with E-state index in [2.05, 4.69) is 4.90 Å². The van der Waals surface area contributed by atoms with Crippen LogP contribution in [0.2, 0.25) is 0 Å². The fourth-order valence-corrected chi connectivity index (χ4v) is 3.09. The maximum absolute atomic E-state index is 13.9. The van der Waals surface area contributed by atoms with Crippen LogP contribution in [0.25, 0.3) is 0 Å². The van der Waals surface area contributed by atoms with Crippen LogP contribution < -0.4 is 4.74 Å². The number of halogens is 1. The minimum Gasteiger partial charge on any atom is -0.494 e. The maximum atomic E-state index is 13.9. The molecule has 0 radical (unpaired) electrons. The molecule has 1 heterocycles. The van der Waals surface area contributed by atoms with Gasteiger partial charge in [-0.3, -0.25) is 9.69 Å². The Balaban J connectivity index is 2.18. The minimum atomic E-state index is -0.740. The van der Waals surface area contributed by atoms with Crippen LogP contribution in [0.5, 0.6) is 5.75 Å². The van der Waals surface area contributed by atoms with Gasteiger partial charge in [0.25, 0.3) is 0 Å². The van der Waals surface area contributed by atoms with Crippen molar-refractivity contribution in [3.05, 3.63) is 29.6 Å². The van der Waals surface area contributed by atoms with Crippen LogP contribution in [-0.4, -0.2) is 36.2 Å². The lowest BCUT2D eigenvalue weighted by Gasteiger charge is -2.37. The second-order valence-corrected chi connectivity index (χ2v) is 5.49. The molecule has 4 nitrogen and oxygen atoms in total. The number of aliphatic carboxylic acids is 1. The normalized spacial score (nSPS) is 21.0. The number of methoxy groups -OCH3 is 1. The lowest BCUT2D eigenvalue weighted by Crippen LogP contribution is -2.40. The fraction of sp³-hybridized carbons (Fsp3) is 0.562. The zero-order valence-corrected chi connectivity index (χ0v) is 12.5. The number of piperidine rings is 1. The van der Waals surface area contributed by atoms with Crippen LogP contribution in [0.3, 0.4) is 0 Å². The number of benzene rings is 1. The van der Waals surface area contributed by atoms with E-state index in [4.69, 9.17) is 4.74 Å². The second-order valence-electron chi connectivity index (χ2n) is 5.49. The Morgan fingerprint density at radius 3 is 2.90 bits per heavy atom. The molecule has 1 fully saturated rings. The number of ether oxygens (including phenoxy) is 1. The van der Waals surface area contributed by atoms with E-state index in [1.807, 2.05) is 13.0 Å². The van der Waals surface area contributed by atoms with Gasteiger partial charge in [0.1, 0.15) is 0 Å². The van der Waals surface area contributed by atoms with Gasteiger partial charge >= 0.3 is 5.97 Å². The maximum Gasteiger partial charge on any atom is 0.307 e. The van der Waals surface area contributed by atoms with Crippen molar-refractivity contribution in [1.29, 1.82) is 0 Å². The van der Waals surface area contributed by atoms with Crippen LogP contribution in [0, 0.1) is 11.7 Å². The summed E-state index contributed by atoms with van der Waals surface area (Å²) in [4.78, 5) is 13.3. The fourth-order valence-electron chi connectivity index (χ4n) is 3.09. The van der Waals surface area contributed by atoms with Gasteiger partial charge in [-0.1, -0.05) is 13.0 Å². The van der Waals surface area contributed by atoms with E-state index in [-0.39, 0.29) is 23.5 Å². The van der Waals surface area contributed by atoms with E-state index in [0.717, 1.165) is 31.4 Å². The highest BCUT2D eigenvalue weighted by Gasteiger charge is 2.29. The van der Waals surface area contributed by atoms with Gasteiger partial charge in [-0.05, 0) is 43.5 Å². The van der Waals surface area contributed by atoms with Crippen molar-refractivity contribution in [1.82, 2.24) is 4.90 Å². The third-order valence-electron chi connectivity index (χ3n) is 4.19. The highest BCUT2D eigenvalue weighted by molar-refractivity contribution is 5.70. The number of carboxylic acid groups (broad SMARTS) is 1. The third kappa shape index (κ3) is 3.53. The van der Waals surface area contributed by atoms with Crippen LogP contribution in [0.4, 0.5) is 4.39 Å². The number of hydrogen-bond donors (Lipinski definition) is 1. The van der Waals surface area contributed by atoms with Crippen molar-refractivity contribution in [2.24, 2.45) is 5.92 Å². The summed E-state index contributed by atoms with van der Waals surface area (Å²) in [5.41, 5.74) is 0.877. The summed E-state index contributed by atoms with van der Waals surface area (Å²) in [7, 11) is 1.44. The van der Waals surface area contributed by atoms with Gasteiger partial charge in [-0.15, -0.1) is 0 Å². The van der Waals surface area contributed by atoms with Gasteiger partial charge in [0.2, 0.25) is 0 Å². The predicted molar refractivity (Wildman–Crippen MR) is 77.9 cm³/mol. The molecule has 1 aliphatic rings. The molecule has 1 aromatic carbocycles. The van der Waals surface area contributed by atoms with Crippen LogP contribution in [-0.2, 0) is 4.79 Å². The second kappa shape index (κ2) is 6.89. The molecule has 5 heteroatoms. The summed E-state index contributed by atoms with van der Waals surface area (Å²) < 4.78 is 18.8. The molecule has 0 aromatic heterocycles. The molecular weight excluding hydrogens is 273 g/mol. The van der Waals surface area contributed by atoms with E-state index in [1.54, 1.807) is 6.07 Å². The number of nitrogens with zero attached hydrogens (tertiary/aromatic N) is 1. The largest absolute Gasteiger partial charge is 0.494 e. The zero-order valence-electron chi connectivity index (χ0n) is 12.5. The first-order valence-corrected chi connectivity index (χ1v) is 7.37. The molecule has 1 aromatic rings. The number of rotatable bonds is 5. The molecule has 0 aliphatic carbocycles. The van der Waals surface area contributed by atoms with E-state index in [0.29, 0.717) is 6.54 Å².